The monoisotopic (exact) mass is 191 g/mol. The van der Waals surface area contributed by atoms with Crippen molar-refractivity contribution in [3.63, 3.8) is 0 Å². The van der Waals surface area contributed by atoms with Crippen LogP contribution in [-0.4, -0.2) is 6.67 Å². The van der Waals surface area contributed by atoms with Crippen molar-refractivity contribution in [1.29, 1.82) is 0 Å². The number of hydrogen-bond acceptors (Lipinski definition) is 0. The summed E-state index contributed by atoms with van der Waals surface area (Å²) in [5.41, 5.74) is 2.41. The van der Waals surface area contributed by atoms with Gasteiger partial charge in [0.15, 0.2) is 0 Å². The lowest BCUT2D eigenvalue weighted by Crippen LogP contribution is -2.09. The van der Waals surface area contributed by atoms with E-state index in [1.165, 1.54) is 24.8 Å². The van der Waals surface area contributed by atoms with Gasteiger partial charge in [-0.2, -0.15) is 0 Å². The molecule has 0 nitrogen and oxygen atoms in total. The zero-order valence-electron chi connectivity index (χ0n) is 8.38. The Balaban J connectivity index is 2.17. The molecule has 2 rings (SSSR count). The summed E-state index contributed by atoms with van der Waals surface area (Å²) in [6.07, 6.45) is 3.92. The fraction of sp³-hybridized carbons (Fsp3) is 0.462. The predicted octanol–water partition coefficient (Wildman–Crippen LogP) is 3.84. The number of hydrogen-bond donors (Lipinski definition) is 0. The molecule has 0 spiro atoms. The van der Waals surface area contributed by atoms with E-state index < -0.39 is 0 Å². The number of benzene rings is 1. The molecule has 1 radical (unpaired) electrons. The molecular formula is C13H16F. The van der Waals surface area contributed by atoms with Gasteiger partial charge in [-0.15, -0.1) is 0 Å². The molecule has 1 unspecified atom stereocenters. The molecule has 1 heteroatoms. The molecule has 1 aromatic carbocycles. The molecule has 0 aromatic heterocycles. The number of halogens is 1. The molecule has 1 aliphatic rings. The van der Waals surface area contributed by atoms with Gasteiger partial charge in [-0.3, -0.25) is 4.39 Å². The van der Waals surface area contributed by atoms with E-state index in [-0.39, 0.29) is 12.6 Å². The van der Waals surface area contributed by atoms with E-state index in [0.717, 1.165) is 11.5 Å². The fourth-order valence-electron chi connectivity index (χ4n) is 1.90. The third kappa shape index (κ3) is 1.82. The second-order valence-electron chi connectivity index (χ2n) is 4.15. The van der Waals surface area contributed by atoms with Gasteiger partial charge < -0.3 is 0 Å². The van der Waals surface area contributed by atoms with Gasteiger partial charge in [-0.05, 0) is 36.8 Å². The first kappa shape index (κ1) is 9.70. The second-order valence-corrected chi connectivity index (χ2v) is 4.15. The molecule has 1 atom stereocenters. The van der Waals surface area contributed by atoms with E-state index in [4.69, 9.17) is 0 Å². The van der Waals surface area contributed by atoms with E-state index in [9.17, 15) is 4.39 Å². The van der Waals surface area contributed by atoms with E-state index in [0.29, 0.717) is 0 Å². The molecule has 75 valence electrons. The normalized spacial score (nSPS) is 19.0. The van der Waals surface area contributed by atoms with Crippen LogP contribution >= 0.6 is 0 Å². The first-order valence-corrected chi connectivity index (χ1v) is 5.30. The minimum absolute atomic E-state index is 0.199. The maximum atomic E-state index is 12.4. The van der Waals surface area contributed by atoms with Gasteiger partial charge in [-0.25, -0.2) is 0 Å². The van der Waals surface area contributed by atoms with Crippen LogP contribution < -0.4 is 0 Å². The summed E-state index contributed by atoms with van der Waals surface area (Å²) >= 11 is 0. The first-order valence-electron chi connectivity index (χ1n) is 5.30. The van der Waals surface area contributed by atoms with Crippen LogP contribution in [0.1, 0.15) is 42.2 Å². The number of alkyl halides is 1. The number of rotatable bonds is 3. The van der Waals surface area contributed by atoms with Crippen LogP contribution in [0.2, 0.25) is 0 Å². The van der Waals surface area contributed by atoms with Crippen LogP contribution in [0.3, 0.4) is 0 Å². The maximum absolute atomic E-state index is 12.4. The Kier molecular flexibility index (Phi) is 2.85. The highest BCUT2D eigenvalue weighted by Crippen LogP contribution is 2.37. The topological polar surface area (TPSA) is 0 Å². The van der Waals surface area contributed by atoms with Crippen LogP contribution in [0.25, 0.3) is 0 Å². The average molecular weight is 191 g/mol. The van der Waals surface area contributed by atoms with Gasteiger partial charge in [0.25, 0.3) is 0 Å². The van der Waals surface area contributed by atoms with E-state index in [2.05, 4.69) is 19.1 Å². The van der Waals surface area contributed by atoms with Crippen molar-refractivity contribution < 1.29 is 4.39 Å². The average Bonchev–Trinajstić information content (AvgIpc) is 2.14. The summed E-state index contributed by atoms with van der Waals surface area (Å²) in [5, 5.41) is 0. The Morgan fingerprint density at radius 3 is 2.79 bits per heavy atom. The Hall–Kier alpha value is -0.850. The summed E-state index contributed by atoms with van der Waals surface area (Å²) in [7, 11) is 0. The molecule has 1 aromatic rings. The highest BCUT2D eigenvalue weighted by molar-refractivity contribution is 5.30. The highest BCUT2D eigenvalue weighted by atomic mass is 19.1. The van der Waals surface area contributed by atoms with E-state index >= 15 is 0 Å². The van der Waals surface area contributed by atoms with Crippen LogP contribution in [0.15, 0.2) is 24.3 Å². The van der Waals surface area contributed by atoms with Gasteiger partial charge in [0, 0.05) is 5.92 Å². The largest absolute Gasteiger partial charge is 0.250 e. The van der Waals surface area contributed by atoms with Gasteiger partial charge in [0.05, 0.1) is 6.67 Å². The predicted molar refractivity (Wildman–Crippen MR) is 57.1 cm³/mol. The molecule has 0 saturated heterocycles. The second kappa shape index (κ2) is 4.12. The fourth-order valence-corrected chi connectivity index (χ4v) is 1.90. The van der Waals surface area contributed by atoms with Crippen molar-refractivity contribution in [3.8, 4) is 0 Å². The van der Waals surface area contributed by atoms with Crippen LogP contribution in [-0.2, 0) is 0 Å². The Morgan fingerprint density at radius 2 is 2.21 bits per heavy atom. The zero-order chi connectivity index (χ0) is 9.97. The van der Waals surface area contributed by atoms with Crippen LogP contribution in [0.4, 0.5) is 4.39 Å². The molecule has 1 aliphatic carbocycles. The molecular weight excluding hydrogens is 175 g/mol. The molecule has 14 heavy (non-hydrogen) atoms. The third-order valence-corrected chi connectivity index (χ3v) is 3.14. The standard InChI is InChI=1S/C13H16F/c1-10(9-14)12-6-3-7-13(8-12)11-4-2-5-11/h3,6-8,10-11H,1-2,4-5,9H2. The highest BCUT2D eigenvalue weighted by Gasteiger charge is 2.19. The van der Waals surface area contributed by atoms with Crippen molar-refractivity contribution in [2.24, 2.45) is 0 Å². The smallest absolute Gasteiger partial charge is 0.0962 e. The lowest BCUT2D eigenvalue weighted by Gasteiger charge is -2.26. The SMILES string of the molecule is [CH2]C(CF)c1cccc(C2CCC2)c1. The van der Waals surface area contributed by atoms with Gasteiger partial charge in [-0.1, -0.05) is 30.7 Å². The molecule has 0 heterocycles. The maximum Gasteiger partial charge on any atom is 0.0962 e. The van der Waals surface area contributed by atoms with Crippen molar-refractivity contribution in [2.75, 3.05) is 6.67 Å². The Labute approximate surface area is 85.1 Å². The van der Waals surface area contributed by atoms with Gasteiger partial charge in [0.1, 0.15) is 0 Å². The van der Waals surface area contributed by atoms with Crippen molar-refractivity contribution in [1.82, 2.24) is 0 Å². The zero-order valence-corrected chi connectivity index (χ0v) is 8.38. The van der Waals surface area contributed by atoms with Gasteiger partial charge >= 0.3 is 0 Å². The Morgan fingerprint density at radius 1 is 1.43 bits per heavy atom. The first-order chi connectivity index (χ1) is 6.81. The summed E-state index contributed by atoms with van der Waals surface area (Å²) < 4.78 is 12.4. The molecule has 0 N–H and O–H groups in total. The van der Waals surface area contributed by atoms with Gasteiger partial charge in [0.2, 0.25) is 0 Å². The Bertz CT molecular complexity index is 282. The van der Waals surface area contributed by atoms with E-state index in [1.54, 1.807) is 0 Å². The lowest BCUT2D eigenvalue weighted by atomic mass is 9.79. The molecule has 0 aliphatic heterocycles. The summed E-state index contributed by atoms with van der Waals surface area (Å²) in [6, 6.07) is 8.27. The van der Waals surface area contributed by atoms with Crippen molar-refractivity contribution in [3.05, 3.63) is 42.3 Å². The van der Waals surface area contributed by atoms with E-state index in [1.807, 2.05) is 12.1 Å². The summed E-state index contributed by atoms with van der Waals surface area (Å²) in [4.78, 5) is 0. The molecule has 0 bridgehead atoms. The molecule has 1 saturated carbocycles. The minimum Gasteiger partial charge on any atom is -0.250 e. The molecule has 1 fully saturated rings. The molecule has 0 amide bonds. The summed E-state index contributed by atoms with van der Waals surface area (Å²) in [5.74, 6) is 0.525. The lowest BCUT2D eigenvalue weighted by molar-refractivity contribution is 0.418. The quantitative estimate of drug-likeness (QED) is 0.681. The van der Waals surface area contributed by atoms with Crippen molar-refractivity contribution >= 4 is 0 Å². The van der Waals surface area contributed by atoms with Crippen LogP contribution in [0.5, 0.6) is 0 Å². The minimum atomic E-state index is -0.367. The van der Waals surface area contributed by atoms with Crippen molar-refractivity contribution in [2.45, 2.75) is 31.1 Å². The van der Waals surface area contributed by atoms with Crippen LogP contribution in [0, 0.1) is 6.92 Å². The summed E-state index contributed by atoms with van der Waals surface area (Å²) in [6.45, 7) is 3.43. The third-order valence-electron chi connectivity index (χ3n) is 3.14.